The molecule has 1 atom stereocenters. The molecule has 0 aromatic heterocycles. The number of rotatable bonds is 3. The predicted octanol–water partition coefficient (Wildman–Crippen LogP) is 2.85. The summed E-state index contributed by atoms with van der Waals surface area (Å²) in [5.41, 5.74) is 1.29. The topological polar surface area (TPSA) is 29.5 Å². The van der Waals surface area contributed by atoms with Gasteiger partial charge in [0.05, 0.1) is 6.61 Å². The first-order valence-corrected chi connectivity index (χ1v) is 6.28. The molecule has 1 unspecified atom stereocenters. The molecular formula is C14H19NO2. The molecule has 3 nitrogen and oxygen atoms in total. The first-order chi connectivity index (χ1) is 8.31. The number of hydrogen-bond donors (Lipinski definition) is 0. The van der Waals surface area contributed by atoms with Crippen molar-refractivity contribution in [3.8, 4) is 0 Å². The highest BCUT2D eigenvalue weighted by molar-refractivity contribution is 5.68. The average Bonchev–Trinajstić information content (AvgIpc) is 2.79. The summed E-state index contributed by atoms with van der Waals surface area (Å²) in [6.07, 6.45) is 2.93. The molecule has 2 rings (SSSR count). The molecule has 0 radical (unpaired) electrons. The molecule has 1 aromatic carbocycles. The normalized spacial score (nSPS) is 19.4. The summed E-state index contributed by atoms with van der Waals surface area (Å²) in [5.74, 6) is 0. The summed E-state index contributed by atoms with van der Waals surface area (Å²) in [6, 6.07) is 10.6. The number of nitrogens with zero attached hydrogens (tertiary/aromatic N) is 1. The Morgan fingerprint density at radius 1 is 1.41 bits per heavy atom. The molecule has 1 aromatic rings. The molecule has 1 aliphatic heterocycles. The average molecular weight is 233 g/mol. The van der Waals surface area contributed by atoms with Crippen LogP contribution in [0.15, 0.2) is 30.3 Å². The van der Waals surface area contributed by atoms with Crippen LogP contribution in [-0.2, 0) is 11.2 Å². The van der Waals surface area contributed by atoms with E-state index in [-0.39, 0.29) is 6.09 Å². The molecule has 0 aliphatic carbocycles. The molecule has 1 saturated heterocycles. The monoisotopic (exact) mass is 233 g/mol. The summed E-state index contributed by atoms with van der Waals surface area (Å²) in [4.78, 5) is 13.6. The van der Waals surface area contributed by atoms with E-state index < -0.39 is 0 Å². The smallest absolute Gasteiger partial charge is 0.410 e. The Balaban J connectivity index is 1.98. The van der Waals surface area contributed by atoms with Crippen molar-refractivity contribution in [3.05, 3.63) is 35.9 Å². The van der Waals surface area contributed by atoms with Crippen LogP contribution in [0.25, 0.3) is 0 Å². The van der Waals surface area contributed by atoms with E-state index >= 15 is 0 Å². The summed E-state index contributed by atoms with van der Waals surface area (Å²) in [7, 11) is 0. The van der Waals surface area contributed by atoms with Crippen molar-refractivity contribution >= 4 is 6.09 Å². The first kappa shape index (κ1) is 12.0. The molecular weight excluding hydrogens is 214 g/mol. The Morgan fingerprint density at radius 2 is 2.18 bits per heavy atom. The van der Waals surface area contributed by atoms with E-state index in [1.807, 2.05) is 30.0 Å². The lowest BCUT2D eigenvalue weighted by Crippen LogP contribution is -2.37. The molecule has 0 spiro atoms. The number of benzene rings is 1. The highest BCUT2D eigenvalue weighted by atomic mass is 16.6. The summed E-state index contributed by atoms with van der Waals surface area (Å²) < 4.78 is 5.08. The molecule has 1 amide bonds. The van der Waals surface area contributed by atoms with Gasteiger partial charge in [-0.3, -0.25) is 0 Å². The number of ether oxygens (including phenoxy) is 1. The van der Waals surface area contributed by atoms with Gasteiger partial charge in [-0.05, 0) is 31.7 Å². The van der Waals surface area contributed by atoms with E-state index in [4.69, 9.17) is 4.74 Å². The van der Waals surface area contributed by atoms with Crippen molar-refractivity contribution in [3.63, 3.8) is 0 Å². The standard InChI is InChI=1S/C14H19NO2/c1-2-17-14(16)15-10-6-9-13(15)11-12-7-4-3-5-8-12/h3-5,7-8,13H,2,6,9-11H2,1H3. The summed E-state index contributed by atoms with van der Waals surface area (Å²) in [5, 5.41) is 0. The van der Waals surface area contributed by atoms with Gasteiger partial charge in [0.15, 0.2) is 0 Å². The fourth-order valence-electron chi connectivity index (χ4n) is 2.38. The fraction of sp³-hybridized carbons (Fsp3) is 0.500. The van der Waals surface area contributed by atoms with Crippen molar-refractivity contribution in [1.29, 1.82) is 0 Å². The second kappa shape index (κ2) is 5.71. The van der Waals surface area contributed by atoms with Crippen LogP contribution in [0.3, 0.4) is 0 Å². The zero-order chi connectivity index (χ0) is 12.1. The molecule has 1 fully saturated rings. The Labute approximate surface area is 102 Å². The number of amides is 1. The van der Waals surface area contributed by atoms with Crippen molar-refractivity contribution in [2.45, 2.75) is 32.2 Å². The number of carbonyl (C=O) groups excluding carboxylic acids is 1. The van der Waals surface area contributed by atoms with E-state index in [0.29, 0.717) is 12.6 Å². The second-order valence-electron chi connectivity index (χ2n) is 4.38. The van der Waals surface area contributed by atoms with Gasteiger partial charge in [0.25, 0.3) is 0 Å². The van der Waals surface area contributed by atoms with Crippen LogP contribution in [0.5, 0.6) is 0 Å². The Kier molecular flexibility index (Phi) is 4.02. The number of carbonyl (C=O) groups is 1. The molecule has 0 saturated carbocycles. The zero-order valence-corrected chi connectivity index (χ0v) is 10.3. The quantitative estimate of drug-likeness (QED) is 0.803. The number of hydrogen-bond acceptors (Lipinski definition) is 2. The maximum atomic E-state index is 11.7. The highest BCUT2D eigenvalue weighted by Gasteiger charge is 2.29. The first-order valence-electron chi connectivity index (χ1n) is 6.28. The lowest BCUT2D eigenvalue weighted by molar-refractivity contribution is 0.103. The van der Waals surface area contributed by atoms with Gasteiger partial charge in [-0.25, -0.2) is 4.79 Å². The van der Waals surface area contributed by atoms with Gasteiger partial charge >= 0.3 is 6.09 Å². The third-order valence-corrected chi connectivity index (χ3v) is 3.19. The van der Waals surface area contributed by atoms with E-state index in [2.05, 4.69) is 12.1 Å². The molecule has 3 heteroatoms. The molecule has 17 heavy (non-hydrogen) atoms. The Morgan fingerprint density at radius 3 is 2.88 bits per heavy atom. The van der Waals surface area contributed by atoms with Crippen molar-refractivity contribution in [2.24, 2.45) is 0 Å². The number of likely N-dealkylation sites (tertiary alicyclic amines) is 1. The van der Waals surface area contributed by atoms with Crippen LogP contribution in [0.1, 0.15) is 25.3 Å². The van der Waals surface area contributed by atoms with E-state index in [0.717, 1.165) is 25.8 Å². The van der Waals surface area contributed by atoms with Gasteiger partial charge in [-0.15, -0.1) is 0 Å². The minimum absolute atomic E-state index is 0.161. The second-order valence-corrected chi connectivity index (χ2v) is 4.38. The van der Waals surface area contributed by atoms with Gasteiger partial charge in [-0.2, -0.15) is 0 Å². The predicted molar refractivity (Wildman–Crippen MR) is 66.9 cm³/mol. The van der Waals surface area contributed by atoms with Crippen LogP contribution in [0.4, 0.5) is 4.79 Å². The fourth-order valence-corrected chi connectivity index (χ4v) is 2.38. The van der Waals surface area contributed by atoms with E-state index in [1.165, 1.54) is 5.56 Å². The Bertz CT molecular complexity index is 364. The maximum absolute atomic E-state index is 11.7. The molecule has 1 heterocycles. The van der Waals surface area contributed by atoms with Crippen molar-refractivity contribution in [1.82, 2.24) is 4.90 Å². The van der Waals surface area contributed by atoms with Crippen molar-refractivity contribution in [2.75, 3.05) is 13.2 Å². The van der Waals surface area contributed by atoms with Crippen LogP contribution in [-0.4, -0.2) is 30.2 Å². The van der Waals surface area contributed by atoms with E-state index in [1.54, 1.807) is 0 Å². The van der Waals surface area contributed by atoms with Crippen LogP contribution < -0.4 is 0 Å². The molecule has 1 aliphatic rings. The molecule has 0 bridgehead atoms. The summed E-state index contributed by atoms with van der Waals surface area (Å²) in [6.45, 7) is 3.13. The maximum Gasteiger partial charge on any atom is 0.410 e. The largest absolute Gasteiger partial charge is 0.450 e. The van der Waals surface area contributed by atoms with Crippen molar-refractivity contribution < 1.29 is 9.53 Å². The van der Waals surface area contributed by atoms with Gasteiger partial charge in [0.2, 0.25) is 0 Å². The Hall–Kier alpha value is -1.51. The van der Waals surface area contributed by atoms with Crippen LogP contribution in [0, 0.1) is 0 Å². The lowest BCUT2D eigenvalue weighted by Gasteiger charge is -2.23. The SMILES string of the molecule is CCOC(=O)N1CCCC1Cc1ccccc1. The van der Waals surface area contributed by atoms with Crippen LogP contribution >= 0.6 is 0 Å². The zero-order valence-electron chi connectivity index (χ0n) is 10.3. The van der Waals surface area contributed by atoms with Gasteiger partial charge in [-0.1, -0.05) is 30.3 Å². The van der Waals surface area contributed by atoms with Gasteiger partial charge in [0.1, 0.15) is 0 Å². The minimum atomic E-state index is -0.161. The highest BCUT2D eigenvalue weighted by Crippen LogP contribution is 2.21. The van der Waals surface area contributed by atoms with E-state index in [9.17, 15) is 4.79 Å². The molecule has 92 valence electrons. The van der Waals surface area contributed by atoms with Gasteiger partial charge in [0, 0.05) is 12.6 Å². The third-order valence-electron chi connectivity index (χ3n) is 3.19. The minimum Gasteiger partial charge on any atom is -0.450 e. The summed E-state index contributed by atoms with van der Waals surface area (Å²) >= 11 is 0. The van der Waals surface area contributed by atoms with Gasteiger partial charge < -0.3 is 9.64 Å². The lowest BCUT2D eigenvalue weighted by atomic mass is 10.0. The van der Waals surface area contributed by atoms with Crippen LogP contribution in [0.2, 0.25) is 0 Å². The molecule has 0 N–H and O–H groups in total. The third kappa shape index (κ3) is 2.99.